The van der Waals surface area contributed by atoms with Gasteiger partial charge >= 0.3 is 12.4 Å². The second kappa shape index (κ2) is 5.63. The highest BCUT2D eigenvalue weighted by Gasteiger charge is 2.37. The highest BCUT2D eigenvalue weighted by molar-refractivity contribution is 6.33. The fraction of sp³-hybridized carbons (Fsp3) is 0.417. The second-order valence-corrected chi connectivity index (χ2v) is 4.56. The number of hydrogen-bond donors (Lipinski definition) is 0. The van der Waals surface area contributed by atoms with E-state index in [1.54, 1.807) is 0 Å². The van der Waals surface area contributed by atoms with E-state index in [1.807, 2.05) is 0 Å². The van der Waals surface area contributed by atoms with Gasteiger partial charge in [-0.2, -0.15) is 26.3 Å². The van der Waals surface area contributed by atoms with Crippen LogP contribution in [-0.2, 0) is 12.4 Å². The second-order valence-electron chi connectivity index (χ2n) is 4.03. The maximum absolute atomic E-state index is 12.6. The molecule has 112 valence electrons. The van der Waals surface area contributed by atoms with Crippen molar-refractivity contribution in [2.45, 2.75) is 31.1 Å². The summed E-state index contributed by atoms with van der Waals surface area (Å²) in [6.07, 6.45) is -9.87. The van der Waals surface area contributed by atoms with Gasteiger partial charge < -0.3 is 0 Å². The van der Waals surface area contributed by atoms with Gasteiger partial charge in [0.2, 0.25) is 0 Å². The minimum atomic E-state index is -4.98. The SMILES string of the molecule is CCC(Cl)C(=O)c1cc(C(F)(F)F)cc(C(F)(F)F)c1. The summed E-state index contributed by atoms with van der Waals surface area (Å²) in [5.41, 5.74) is -3.76. The van der Waals surface area contributed by atoms with Crippen molar-refractivity contribution in [2.75, 3.05) is 0 Å². The molecule has 0 amide bonds. The average molecular weight is 319 g/mol. The minimum Gasteiger partial charge on any atom is -0.293 e. The number of carbonyl (C=O) groups excluding carboxylic acids is 1. The summed E-state index contributed by atoms with van der Waals surface area (Å²) in [7, 11) is 0. The molecule has 0 saturated carbocycles. The molecule has 0 aliphatic heterocycles. The van der Waals surface area contributed by atoms with Crippen LogP contribution in [0.3, 0.4) is 0 Å². The van der Waals surface area contributed by atoms with E-state index in [0.29, 0.717) is 12.1 Å². The van der Waals surface area contributed by atoms with Crippen LogP contribution in [0.1, 0.15) is 34.8 Å². The molecule has 0 spiro atoms. The molecule has 0 fully saturated rings. The smallest absolute Gasteiger partial charge is 0.293 e. The van der Waals surface area contributed by atoms with E-state index in [0.717, 1.165) is 0 Å². The predicted octanol–water partition coefficient (Wildman–Crippen LogP) is 4.92. The summed E-state index contributed by atoms with van der Waals surface area (Å²) in [6, 6.07) is 0.719. The van der Waals surface area contributed by atoms with Gasteiger partial charge in [-0.15, -0.1) is 11.6 Å². The molecule has 0 N–H and O–H groups in total. The Kier molecular flexibility index (Phi) is 4.74. The molecule has 1 rings (SSSR count). The topological polar surface area (TPSA) is 17.1 Å². The zero-order chi connectivity index (χ0) is 15.7. The first-order valence-corrected chi connectivity index (χ1v) is 5.88. The molecule has 0 heterocycles. The number of ketones is 1. The number of rotatable bonds is 3. The molecule has 1 unspecified atom stereocenters. The van der Waals surface area contributed by atoms with Crippen LogP contribution in [0.5, 0.6) is 0 Å². The van der Waals surface area contributed by atoms with E-state index < -0.39 is 40.2 Å². The summed E-state index contributed by atoms with van der Waals surface area (Å²) in [6.45, 7) is 1.49. The number of hydrogen-bond acceptors (Lipinski definition) is 1. The summed E-state index contributed by atoms with van der Waals surface area (Å²) in [5.74, 6) is -0.967. The Labute approximate surface area is 115 Å². The van der Waals surface area contributed by atoms with Gasteiger partial charge in [0.05, 0.1) is 16.5 Å². The predicted molar refractivity (Wildman–Crippen MR) is 60.7 cm³/mol. The quantitative estimate of drug-likeness (QED) is 0.439. The lowest BCUT2D eigenvalue weighted by Gasteiger charge is -2.14. The van der Waals surface area contributed by atoms with Crippen LogP contribution in [0.2, 0.25) is 0 Å². The van der Waals surface area contributed by atoms with E-state index in [4.69, 9.17) is 11.6 Å². The Morgan fingerprint density at radius 1 is 1.05 bits per heavy atom. The van der Waals surface area contributed by atoms with Crippen LogP contribution in [0.4, 0.5) is 26.3 Å². The van der Waals surface area contributed by atoms with Crippen molar-refractivity contribution in [1.29, 1.82) is 0 Å². The molecule has 0 aliphatic rings. The Balaban J connectivity index is 3.42. The molecule has 1 nitrogen and oxygen atoms in total. The average Bonchev–Trinajstić information content (AvgIpc) is 2.34. The van der Waals surface area contributed by atoms with Gasteiger partial charge in [0.15, 0.2) is 5.78 Å². The fourth-order valence-electron chi connectivity index (χ4n) is 1.46. The molecule has 1 atom stereocenters. The highest BCUT2D eigenvalue weighted by atomic mass is 35.5. The van der Waals surface area contributed by atoms with E-state index in [1.165, 1.54) is 6.92 Å². The van der Waals surface area contributed by atoms with Crippen LogP contribution in [0.25, 0.3) is 0 Å². The Morgan fingerprint density at radius 2 is 1.45 bits per heavy atom. The number of carbonyl (C=O) groups is 1. The van der Waals surface area contributed by atoms with Gasteiger partial charge in [-0.3, -0.25) is 4.79 Å². The number of benzene rings is 1. The van der Waals surface area contributed by atoms with Crippen molar-refractivity contribution >= 4 is 17.4 Å². The molecular formula is C12H9ClF6O. The van der Waals surface area contributed by atoms with E-state index in [9.17, 15) is 31.1 Å². The fourth-order valence-corrected chi connectivity index (χ4v) is 1.59. The normalized spacial score (nSPS) is 14.2. The molecule has 0 bridgehead atoms. The molecular weight excluding hydrogens is 310 g/mol. The summed E-state index contributed by atoms with van der Waals surface area (Å²) in [5, 5.41) is -1.17. The number of alkyl halides is 7. The molecule has 0 radical (unpaired) electrons. The molecule has 0 saturated heterocycles. The van der Waals surface area contributed by atoms with Crippen LogP contribution in [0, 0.1) is 0 Å². The van der Waals surface area contributed by atoms with Gasteiger partial charge in [-0.1, -0.05) is 6.92 Å². The maximum atomic E-state index is 12.6. The summed E-state index contributed by atoms with van der Waals surface area (Å²) in [4.78, 5) is 11.7. The summed E-state index contributed by atoms with van der Waals surface area (Å²) >= 11 is 5.57. The van der Waals surface area contributed by atoms with Crippen LogP contribution < -0.4 is 0 Å². The molecule has 1 aromatic carbocycles. The lowest BCUT2D eigenvalue weighted by molar-refractivity contribution is -0.143. The monoisotopic (exact) mass is 318 g/mol. The van der Waals surface area contributed by atoms with E-state index in [-0.39, 0.29) is 12.5 Å². The standard InChI is InChI=1S/C12H9ClF6O/c1-2-9(13)10(20)6-3-7(11(14,15)16)5-8(4-6)12(17,18)19/h3-5,9H,2H2,1H3. The molecule has 1 aromatic rings. The third kappa shape index (κ3) is 3.88. The van der Waals surface area contributed by atoms with Crippen LogP contribution in [0.15, 0.2) is 18.2 Å². The van der Waals surface area contributed by atoms with Crippen molar-refractivity contribution in [3.8, 4) is 0 Å². The van der Waals surface area contributed by atoms with Gasteiger partial charge in [0, 0.05) is 5.56 Å². The van der Waals surface area contributed by atoms with Gasteiger partial charge in [-0.25, -0.2) is 0 Å². The minimum absolute atomic E-state index is 0.0358. The van der Waals surface area contributed by atoms with Crippen molar-refractivity contribution in [2.24, 2.45) is 0 Å². The first kappa shape index (κ1) is 16.8. The zero-order valence-electron chi connectivity index (χ0n) is 10.1. The van der Waals surface area contributed by atoms with Gasteiger partial charge in [0.25, 0.3) is 0 Å². The molecule has 8 heteroatoms. The van der Waals surface area contributed by atoms with E-state index in [2.05, 4.69) is 0 Å². The van der Waals surface area contributed by atoms with Crippen molar-refractivity contribution in [3.63, 3.8) is 0 Å². The molecule has 0 aromatic heterocycles. The van der Waals surface area contributed by atoms with Crippen molar-refractivity contribution < 1.29 is 31.1 Å². The zero-order valence-corrected chi connectivity index (χ0v) is 10.8. The first-order chi connectivity index (χ1) is 8.96. The maximum Gasteiger partial charge on any atom is 0.416 e. The van der Waals surface area contributed by atoms with Crippen molar-refractivity contribution in [3.05, 3.63) is 34.9 Å². The first-order valence-electron chi connectivity index (χ1n) is 5.44. The Morgan fingerprint density at radius 3 is 1.75 bits per heavy atom. The largest absolute Gasteiger partial charge is 0.416 e. The highest BCUT2D eigenvalue weighted by Crippen LogP contribution is 2.36. The third-order valence-corrected chi connectivity index (χ3v) is 3.02. The number of halogens is 7. The van der Waals surface area contributed by atoms with Gasteiger partial charge in [0.1, 0.15) is 0 Å². The Bertz CT molecular complexity index is 473. The van der Waals surface area contributed by atoms with Crippen LogP contribution in [-0.4, -0.2) is 11.2 Å². The lowest BCUT2D eigenvalue weighted by Crippen LogP contribution is -2.18. The summed E-state index contributed by atoms with van der Waals surface area (Å²) < 4.78 is 75.4. The molecule has 0 aliphatic carbocycles. The van der Waals surface area contributed by atoms with Crippen molar-refractivity contribution in [1.82, 2.24) is 0 Å². The van der Waals surface area contributed by atoms with E-state index >= 15 is 0 Å². The lowest BCUT2D eigenvalue weighted by atomic mass is 10.00. The van der Waals surface area contributed by atoms with Gasteiger partial charge in [-0.05, 0) is 24.6 Å². The molecule has 20 heavy (non-hydrogen) atoms. The van der Waals surface area contributed by atoms with Crippen LogP contribution >= 0.6 is 11.6 Å². The Hall–Kier alpha value is -1.24. The number of Topliss-reactive ketones (excluding diaryl/α,β-unsaturated/α-hetero) is 1. The third-order valence-electron chi connectivity index (χ3n) is 2.52.